The zero-order chi connectivity index (χ0) is 29.0. The second-order valence-corrected chi connectivity index (χ2v) is 10.9. The van der Waals surface area contributed by atoms with Crippen LogP contribution in [-0.4, -0.2) is 114 Å². The summed E-state index contributed by atoms with van der Waals surface area (Å²) in [7, 11) is 1.66. The molecule has 2 heterocycles. The summed E-state index contributed by atoms with van der Waals surface area (Å²) in [6, 6.07) is 0. The fourth-order valence-corrected chi connectivity index (χ4v) is 5.51. The molecule has 40 heavy (non-hydrogen) atoms. The largest absolute Gasteiger partial charge is 0.443 e. The zero-order valence-electron chi connectivity index (χ0n) is 24.3. The average molecular weight is 570 g/mol. The van der Waals surface area contributed by atoms with Crippen molar-refractivity contribution in [3.8, 4) is 0 Å². The molecule has 1 spiro atoms. The molecular weight excluding hydrogens is 522 g/mol. The first kappa shape index (κ1) is 32.4. The highest BCUT2D eigenvalue weighted by atomic mass is 16.6. The summed E-state index contributed by atoms with van der Waals surface area (Å²) in [5.41, 5.74) is 0.621. The smallest absolute Gasteiger partial charge is 0.407 e. The maximum Gasteiger partial charge on any atom is 0.407 e. The minimum Gasteiger partial charge on any atom is -0.443 e. The molecule has 3 rings (SSSR count). The summed E-state index contributed by atoms with van der Waals surface area (Å²) in [6.45, 7) is 9.80. The van der Waals surface area contributed by atoms with Crippen LogP contribution in [0.2, 0.25) is 0 Å². The number of hydrogen-bond donors (Lipinski definition) is 3. The van der Waals surface area contributed by atoms with Gasteiger partial charge in [0, 0.05) is 33.2 Å². The van der Waals surface area contributed by atoms with E-state index in [0.717, 1.165) is 19.1 Å². The SMILES string of the molecule is COC1C(OC(=O)NCCOCCOCCNC(=O)CCNCC=O)CC[C@]2(CO2)C1[C@@]1(C)O[C@@H]1CC=C(C)C. The number of nitrogens with one attached hydrogen (secondary N) is 3. The number of aldehydes is 1. The van der Waals surface area contributed by atoms with Crippen molar-refractivity contribution in [1.29, 1.82) is 0 Å². The quantitative estimate of drug-likeness (QED) is 0.0894. The summed E-state index contributed by atoms with van der Waals surface area (Å²) < 4.78 is 34.8. The van der Waals surface area contributed by atoms with Gasteiger partial charge in [-0.15, -0.1) is 0 Å². The number of methoxy groups -OCH3 is 1. The molecule has 1 aliphatic carbocycles. The van der Waals surface area contributed by atoms with E-state index < -0.39 is 12.2 Å². The van der Waals surface area contributed by atoms with Gasteiger partial charge in [0.1, 0.15) is 29.7 Å². The molecule has 0 aromatic rings. The van der Waals surface area contributed by atoms with Gasteiger partial charge in [-0.05, 0) is 40.0 Å². The molecule has 6 atom stereocenters. The Balaban J connectivity index is 1.27. The molecule has 0 radical (unpaired) electrons. The molecule has 3 unspecified atom stereocenters. The van der Waals surface area contributed by atoms with Crippen LogP contribution in [0.15, 0.2) is 11.6 Å². The van der Waals surface area contributed by atoms with Crippen LogP contribution in [0, 0.1) is 5.92 Å². The topological polar surface area (TPSA) is 149 Å². The van der Waals surface area contributed by atoms with Crippen LogP contribution in [0.25, 0.3) is 0 Å². The van der Waals surface area contributed by atoms with Gasteiger partial charge in [0.15, 0.2) is 0 Å². The van der Waals surface area contributed by atoms with Gasteiger partial charge in [0.25, 0.3) is 0 Å². The first-order chi connectivity index (χ1) is 19.3. The molecule has 0 bridgehead atoms. The number of carbonyl (C=O) groups excluding carboxylic acids is 3. The van der Waals surface area contributed by atoms with Gasteiger partial charge in [-0.25, -0.2) is 4.79 Å². The van der Waals surface area contributed by atoms with E-state index in [4.69, 9.17) is 28.4 Å². The van der Waals surface area contributed by atoms with Crippen molar-refractivity contribution in [3.05, 3.63) is 11.6 Å². The standard InChI is InChI=1S/C28H47N3O9/c1-20(2)5-6-22-27(3,40-22)25-24(35-4)21(7-9-28(25)19-38-28)39-26(34)31-13-16-37-18-17-36-15-12-30-23(33)8-10-29-11-14-32/h5,14,21-22,24-25,29H,6-13,15-19H2,1-4H3,(H,30,33)(H,31,34)/t21?,22-,24?,25?,27+,28+/m1/s1. The molecule has 228 valence electrons. The number of hydrogen-bond acceptors (Lipinski definition) is 10. The number of allylic oxidation sites excluding steroid dienone is 1. The number of alkyl carbamates (subject to hydrolysis) is 1. The number of ether oxygens (including phenoxy) is 6. The van der Waals surface area contributed by atoms with Crippen molar-refractivity contribution in [1.82, 2.24) is 16.0 Å². The maximum absolute atomic E-state index is 12.5. The van der Waals surface area contributed by atoms with E-state index in [9.17, 15) is 14.4 Å². The Morgan fingerprint density at radius 1 is 1.05 bits per heavy atom. The van der Waals surface area contributed by atoms with Crippen LogP contribution in [0.3, 0.4) is 0 Å². The van der Waals surface area contributed by atoms with Gasteiger partial charge in [-0.1, -0.05) is 11.6 Å². The van der Waals surface area contributed by atoms with E-state index >= 15 is 0 Å². The van der Waals surface area contributed by atoms with Gasteiger partial charge < -0.3 is 49.2 Å². The first-order valence-electron chi connectivity index (χ1n) is 14.2. The zero-order valence-corrected chi connectivity index (χ0v) is 24.3. The summed E-state index contributed by atoms with van der Waals surface area (Å²) in [6.07, 6.45) is 4.45. The van der Waals surface area contributed by atoms with Crippen LogP contribution in [0.4, 0.5) is 4.79 Å². The molecule has 3 fully saturated rings. The van der Waals surface area contributed by atoms with E-state index in [1.807, 2.05) is 0 Å². The number of epoxide rings is 2. The van der Waals surface area contributed by atoms with Gasteiger partial charge in [0.2, 0.25) is 5.91 Å². The summed E-state index contributed by atoms with van der Waals surface area (Å²) in [4.78, 5) is 34.3. The van der Waals surface area contributed by atoms with E-state index in [1.165, 1.54) is 5.57 Å². The lowest BCUT2D eigenvalue weighted by molar-refractivity contribution is -0.121. The summed E-state index contributed by atoms with van der Waals surface area (Å²) in [5.74, 6) is -0.120. The van der Waals surface area contributed by atoms with Crippen LogP contribution < -0.4 is 16.0 Å². The van der Waals surface area contributed by atoms with Crippen molar-refractivity contribution in [2.45, 2.75) is 76.0 Å². The highest BCUT2D eigenvalue weighted by Gasteiger charge is 2.72. The van der Waals surface area contributed by atoms with E-state index in [1.54, 1.807) is 7.11 Å². The minimum atomic E-state index is -0.502. The molecule has 12 heteroatoms. The summed E-state index contributed by atoms with van der Waals surface area (Å²) >= 11 is 0. The second-order valence-electron chi connectivity index (χ2n) is 10.9. The van der Waals surface area contributed by atoms with Crippen molar-refractivity contribution in [2.24, 2.45) is 5.92 Å². The highest BCUT2D eigenvalue weighted by molar-refractivity contribution is 5.76. The van der Waals surface area contributed by atoms with E-state index in [2.05, 4.69) is 42.8 Å². The fourth-order valence-electron chi connectivity index (χ4n) is 5.51. The van der Waals surface area contributed by atoms with Gasteiger partial charge in [-0.2, -0.15) is 0 Å². The molecular formula is C28H47N3O9. The first-order valence-corrected chi connectivity index (χ1v) is 14.2. The van der Waals surface area contributed by atoms with E-state index in [-0.39, 0.29) is 41.8 Å². The number of rotatable bonds is 19. The molecule has 0 aromatic carbocycles. The molecule has 1 saturated carbocycles. The monoisotopic (exact) mass is 569 g/mol. The Hall–Kier alpha value is -2.09. The van der Waals surface area contributed by atoms with Crippen molar-refractivity contribution in [2.75, 3.05) is 66.3 Å². The Bertz CT molecular complexity index is 862. The lowest BCUT2D eigenvalue weighted by Gasteiger charge is -2.42. The Labute approximate surface area is 237 Å². The van der Waals surface area contributed by atoms with Gasteiger partial charge in [0.05, 0.1) is 51.6 Å². The van der Waals surface area contributed by atoms with Gasteiger partial charge in [-0.3, -0.25) is 4.79 Å². The summed E-state index contributed by atoms with van der Waals surface area (Å²) in [5, 5.41) is 8.31. The third-order valence-corrected chi connectivity index (χ3v) is 7.71. The van der Waals surface area contributed by atoms with Crippen molar-refractivity contribution >= 4 is 18.3 Å². The Kier molecular flexibility index (Phi) is 12.8. The predicted molar refractivity (Wildman–Crippen MR) is 146 cm³/mol. The third-order valence-electron chi connectivity index (χ3n) is 7.71. The third kappa shape index (κ3) is 9.49. The van der Waals surface area contributed by atoms with Crippen LogP contribution >= 0.6 is 0 Å². The second kappa shape index (κ2) is 15.8. The molecule has 0 aromatic heterocycles. The van der Waals surface area contributed by atoms with Crippen molar-refractivity contribution < 1.29 is 42.8 Å². The molecule has 2 aliphatic heterocycles. The minimum absolute atomic E-state index is 0.0193. The van der Waals surface area contributed by atoms with Crippen LogP contribution in [0.1, 0.15) is 46.5 Å². The van der Waals surface area contributed by atoms with Crippen molar-refractivity contribution in [3.63, 3.8) is 0 Å². The molecule has 3 aliphatic rings. The lowest BCUT2D eigenvalue weighted by Crippen LogP contribution is -2.56. The Morgan fingerprint density at radius 2 is 1.75 bits per heavy atom. The fraction of sp³-hybridized carbons (Fsp3) is 0.821. The lowest BCUT2D eigenvalue weighted by atomic mass is 9.68. The maximum atomic E-state index is 12.5. The predicted octanol–water partition coefficient (Wildman–Crippen LogP) is 1.12. The molecule has 12 nitrogen and oxygen atoms in total. The van der Waals surface area contributed by atoms with Crippen LogP contribution in [-0.2, 0) is 38.0 Å². The normalized spacial score (nSPS) is 30.4. The molecule has 2 saturated heterocycles. The van der Waals surface area contributed by atoms with Gasteiger partial charge >= 0.3 is 6.09 Å². The Morgan fingerprint density at radius 3 is 2.38 bits per heavy atom. The average Bonchev–Trinajstić information content (AvgIpc) is 3.84. The highest BCUT2D eigenvalue weighted by Crippen LogP contribution is 2.59. The number of amides is 2. The number of carbonyl (C=O) groups is 3. The van der Waals surface area contributed by atoms with E-state index in [0.29, 0.717) is 65.5 Å². The molecule has 3 N–H and O–H groups in total. The van der Waals surface area contributed by atoms with Crippen LogP contribution in [0.5, 0.6) is 0 Å². The molecule has 2 amide bonds.